The molecule has 0 bridgehead atoms. The Balaban J connectivity index is 1.29. The van der Waals surface area contributed by atoms with E-state index in [1.807, 2.05) is 53.4 Å². The summed E-state index contributed by atoms with van der Waals surface area (Å²) in [6.07, 6.45) is 5.64. The SMILES string of the molecule is CN(CCCNC(=O)C1CCCCC1C(=O)N1CCC(C#N)(c2ccccc2)CC1)c1ccccc1. The van der Waals surface area contributed by atoms with E-state index in [2.05, 4.69) is 35.5 Å². The predicted octanol–water partition coefficient (Wildman–Crippen LogP) is 4.52. The smallest absolute Gasteiger partial charge is 0.226 e. The summed E-state index contributed by atoms with van der Waals surface area (Å²) in [6, 6.07) is 22.7. The van der Waals surface area contributed by atoms with E-state index in [4.69, 9.17) is 0 Å². The molecule has 4 rings (SSSR count). The lowest BCUT2D eigenvalue weighted by atomic mass is 9.73. The van der Waals surface area contributed by atoms with Crippen molar-refractivity contribution in [1.82, 2.24) is 10.2 Å². The molecule has 2 fully saturated rings. The fraction of sp³-hybridized carbons (Fsp3) is 0.500. The summed E-state index contributed by atoms with van der Waals surface area (Å²) in [6.45, 7) is 2.60. The number of carbonyl (C=O) groups is 2. The van der Waals surface area contributed by atoms with Crippen LogP contribution in [0.15, 0.2) is 60.7 Å². The predicted molar refractivity (Wildman–Crippen MR) is 142 cm³/mol. The van der Waals surface area contributed by atoms with Crippen molar-refractivity contribution in [3.8, 4) is 6.07 Å². The maximum absolute atomic E-state index is 13.5. The van der Waals surface area contributed by atoms with E-state index in [0.717, 1.165) is 49.9 Å². The summed E-state index contributed by atoms with van der Waals surface area (Å²) in [5.74, 6) is -0.395. The van der Waals surface area contributed by atoms with Gasteiger partial charge in [0.1, 0.15) is 0 Å². The highest BCUT2D eigenvalue weighted by molar-refractivity contribution is 5.88. The van der Waals surface area contributed by atoms with E-state index in [1.165, 1.54) is 0 Å². The molecular formula is C30H38N4O2. The minimum absolute atomic E-state index is 0.0167. The third-order valence-electron chi connectivity index (χ3n) is 8.06. The first-order chi connectivity index (χ1) is 17.5. The molecule has 1 heterocycles. The van der Waals surface area contributed by atoms with Gasteiger partial charge in [-0.1, -0.05) is 61.4 Å². The molecule has 6 nitrogen and oxygen atoms in total. The lowest BCUT2D eigenvalue weighted by molar-refractivity contribution is -0.144. The zero-order valence-corrected chi connectivity index (χ0v) is 21.4. The van der Waals surface area contributed by atoms with E-state index in [9.17, 15) is 14.9 Å². The van der Waals surface area contributed by atoms with E-state index in [0.29, 0.717) is 32.5 Å². The standard InChI is InChI=1S/C30H38N4O2/c1-33(25-13-6-3-7-14-25)20-10-19-32-28(35)26-15-8-9-16-27(26)29(36)34-21-17-30(23-31,18-22-34)24-11-4-2-5-12-24/h2-7,11-14,26-27H,8-10,15-22H2,1H3,(H,32,35). The molecule has 190 valence electrons. The molecule has 2 aromatic rings. The van der Waals surface area contributed by atoms with Gasteiger partial charge in [0.2, 0.25) is 11.8 Å². The first-order valence-corrected chi connectivity index (χ1v) is 13.3. The maximum atomic E-state index is 13.5. The quantitative estimate of drug-likeness (QED) is 0.557. The molecule has 1 saturated heterocycles. The Hall–Kier alpha value is -3.33. The Kier molecular flexibility index (Phi) is 8.64. The summed E-state index contributed by atoms with van der Waals surface area (Å²) in [5, 5.41) is 13.1. The number of nitrogens with zero attached hydrogens (tertiary/aromatic N) is 3. The van der Waals surface area contributed by atoms with Gasteiger partial charge in [0.15, 0.2) is 0 Å². The Morgan fingerprint density at radius 3 is 2.25 bits per heavy atom. The zero-order chi connectivity index (χ0) is 25.4. The second kappa shape index (κ2) is 12.1. The summed E-state index contributed by atoms with van der Waals surface area (Å²) in [5.41, 5.74) is 1.66. The molecule has 1 saturated carbocycles. The molecule has 0 spiro atoms. The van der Waals surface area contributed by atoms with Gasteiger partial charge in [0.05, 0.1) is 11.5 Å². The first kappa shape index (κ1) is 25.8. The van der Waals surface area contributed by atoms with Crippen LogP contribution in [0.5, 0.6) is 0 Å². The molecule has 36 heavy (non-hydrogen) atoms. The Morgan fingerprint density at radius 2 is 1.61 bits per heavy atom. The average molecular weight is 487 g/mol. The molecule has 1 aliphatic carbocycles. The number of likely N-dealkylation sites (tertiary alicyclic amines) is 1. The number of piperidine rings is 1. The molecule has 1 aliphatic heterocycles. The lowest BCUT2D eigenvalue weighted by Gasteiger charge is -2.40. The monoisotopic (exact) mass is 486 g/mol. The second-order valence-corrected chi connectivity index (χ2v) is 10.3. The van der Waals surface area contributed by atoms with Gasteiger partial charge in [0.25, 0.3) is 0 Å². The van der Waals surface area contributed by atoms with Crippen LogP contribution in [0.4, 0.5) is 5.69 Å². The summed E-state index contributed by atoms with van der Waals surface area (Å²) >= 11 is 0. The Bertz CT molecular complexity index is 1040. The number of nitrogens with one attached hydrogen (secondary N) is 1. The number of anilines is 1. The van der Waals surface area contributed by atoms with Crippen molar-refractivity contribution in [1.29, 1.82) is 5.26 Å². The average Bonchev–Trinajstić information content (AvgIpc) is 2.95. The normalized spacial score (nSPS) is 21.3. The number of amides is 2. The zero-order valence-electron chi connectivity index (χ0n) is 21.4. The Morgan fingerprint density at radius 1 is 1.00 bits per heavy atom. The summed E-state index contributed by atoms with van der Waals surface area (Å²) in [4.78, 5) is 30.7. The topological polar surface area (TPSA) is 76.4 Å². The minimum atomic E-state index is -0.533. The van der Waals surface area contributed by atoms with Gasteiger partial charge in [-0.2, -0.15) is 5.26 Å². The van der Waals surface area contributed by atoms with Crippen molar-refractivity contribution in [2.45, 2.75) is 50.4 Å². The number of rotatable bonds is 8. The molecule has 2 unspecified atom stereocenters. The summed E-state index contributed by atoms with van der Waals surface area (Å²) < 4.78 is 0. The van der Waals surface area contributed by atoms with Crippen molar-refractivity contribution >= 4 is 17.5 Å². The molecule has 2 amide bonds. The number of para-hydroxylation sites is 1. The van der Waals surface area contributed by atoms with Crippen LogP contribution in [0.2, 0.25) is 0 Å². The number of hydrogen-bond donors (Lipinski definition) is 1. The van der Waals surface area contributed by atoms with Gasteiger partial charge >= 0.3 is 0 Å². The fourth-order valence-corrected chi connectivity index (χ4v) is 5.78. The highest BCUT2D eigenvalue weighted by atomic mass is 16.2. The molecule has 2 aliphatic rings. The second-order valence-electron chi connectivity index (χ2n) is 10.3. The first-order valence-electron chi connectivity index (χ1n) is 13.3. The molecular weight excluding hydrogens is 448 g/mol. The molecule has 0 aromatic heterocycles. The van der Waals surface area contributed by atoms with Crippen LogP contribution < -0.4 is 10.2 Å². The van der Waals surface area contributed by atoms with Crippen LogP contribution in [0, 0.1) is 23.2 Å². The van der Waals surface area contributed by atoms with Gasteiger partial charge in [-0.3, -0.25) is 9.59 Å². The molecule has 2 aromatic carbocycles. The van der Waals surface area contributed by atoms with Gasteiger partial charge in [-0.05, 0) is 49.8 Å². The number of benzene rings is 2. The lowest BCUT2D eigenvalue weighted by Crippen LogP contribution is -2.50. The third kappa shape index (κ3) is 5.90. The van der Waals surface area contributed by atoms with Crippen molar-refractivity contribution in [3.05, 3.63) is 66.2 Å². The van der Waals surface area contributed by atoms with Crippen LogP contribution in [0.1, 0.15) is 50.5 Å². The van der Waals surface area contributed by atoms with Gasteiger partial charge < -0.3 is 15.1 Å². The maximum Gasteiger partial charge on any atom is 0.226 e. The molecule has 2 atom stereocenters. The van der Waals surface area contributed by atoms with Crippen LogP contribution in [-0.2, 0) is 15.0 Å². The van der Waals surface area contributed by atoms with Crippen LogP contribution in [0.25, 0.3) is 0 Å². The Labute approximate surface area is 215 Å². The third-order valence-corrected chi connectivity index (χ3v) is 8.06. The van der Waals surface area contributed by atoms with Gasteiger partial charge in [-0.15, -0.1) is 0 Å². The number of hydrogen-bond acceptors (Lipinski definition) is 4. The molecule has 0 radical (unpaired) electrons. The highest BCUT2D eigenvalue weighted by Gasteiger charge is 2.42. The van der Waals surface area contributed by atoms with Crippen LogP contribution >= 0.6 is 0 Å². The number of nitriles is 1. The van der Waals surface area contributed by atoms with Crippen molar-refractivity contribution in [2.24, 2.45) is 11.8 Å². The molecule has 1 N–H and O–H groups in total. The summed E-state index contributed by atoms with van der Waals surface area (Å²) in [7, 11) is 2.06. The highest BCUT2D eigenvalue weighted by Crippen LogP contribution is 2.37. The van der Waals surface area contributed by atoms with E-state index >= 15 is 0 Å². The van der Waals surface area contributed by atoms with E-state index in [-0.39, 0.29) is 23.7 Å². The van der Waals surface area contributed by atoms with Crippen LogP contribution in [-0.4, -0.2) is 49.9 Å². The minimum Gasteiger partial charge on any atom is -0.375 e. The van der Waals surface area contributed by atoms with Crippen LogP contribution in [0.3, 0.4) is 0 Å². The van der Waals surface area contributed by atoms with Gasteiger partial charge in [0, 0.05) is 50.7 Å². The van der Waals surface area contributed by atoms with Crippen molar-refractivity contribution < 1.29 is 9.59 Å². The van der Waals surface area contributed by atoms with Crippen molar-refractivity contribution in [2.75, 3.05) is 38.1 Å². The van der Waals surface area contributed by atoms with Gasteiger partial charge in [-0.25, -0.2) is 0 Å². The largest absolute Gasteiger partial charge is 0.375 e. The molecule has 6 heteroatoms. The van der Waals surface area contributed by atoms with E-state index < -0.39 is 5.41 Å². The van der Waals surface area contributed by atoms with Crippen molar-refractivity contribution in [3.63, 3.8) is 0 Å². The fourth-order valence-electron chi connectivity index (χ4n) is 5.78. The van der Waals surface area contributed by atoms with E-state index in [1.54, 1.807) is 0 Å². The number of carbonyl (C=O) groups excluding carboxylic acids is 2.